The van der Waals surface area contributed by atoms with Crippen molar-refractivity contribution in [3.05, 3.63) is 22.4 Å². The molecule has 2 amide bonds. The lowest BCUT2D eigenvalue weighted by atomic mass is 9.95. The maximum absolute atomic E-state index is 12.4. The molecule has 1 atom stereocenters. The van der Waals surface area contributed by atoms with Gasteiger partial charge >= 0.3 is 6.03 Å². The molecule has 0 spiro atoms. The minimum Gasteiger partial charge on any atom is -0.335 e. The van der Waals surface area contributed by atoms with Crippen LogP contribution < -0.4 is 10.6 Å². The Labute approximate surface area is 143 Å². The van der Waals surface area contributed by atoms with Crippen LogP contribution in [0.1, 0.15) is 63.5 Å². The molecule has 1 aliphatic heterocycles. The second kappa shape index (κ2) is 8.15. The van der Waals surface area contributed by atoms with E-state index in [1.165, 1.54) is 24.8 Å². The molecule has 2 fully saturated rings. The maximum Gasteiger partial charge on any atom is 0.317 e. The van der Waals surface area contributed by atoms with Crippen molar-refractivity contribution in [2.45, 2.75) is 70.0 Å². The van der Waals surface area contributed by atoms with Crippen molar-refractivity contribution in [1.29, 1.82) is 0 Å². The number of carbonyl (C=O) groups is 1. The summed E-state index contributed by atoms with van der Waals surface area (Å²) >= 11 is 1.75. The van der Waals surface area contributed by atoms with Crippen molar-refractivity contribution >= 4 is 17.4 Å². The molecular weight excluding hydrogens is 306 g/mol. The summed E-state index contributed by atoms with van der Waals surface area (Å²) in [5, 5.41) is 11.3. The molecule has 1 saturated carbocycles. The number of nitrogens with zero attached hydrogens (tertiary/aromatic N) is 1. The van der Waals surface area contributed by atoms with E-state index in [9.17, 15) is 4.79 Å². The topological polar surface area (TPSA) is 44.4 Å². The molecule has 2 N–H and O–H groups in total. The second-order valence-electron chi connectivity index (χ2n) is 6.99. The van der Waals surface area contributed by atoms with Gasteiger partial charge in [0.1, 0.15) is 0 Å². The van der Waals surface area contributed by atoms with E-state index in [0.29, 0.717) is 18.1 Å². The smallest absolute Gasteiger partial charge is 0.317 e. The third-order valence-corrected chi connectivity index (χ3v) is 5.95. The zero-order valence-electron chi connectivity index (χ0n) is 14.1. The monoisotopic (exact) mass is 335 g/mol. The highest BCUT2D eigenvalue weighted by atomic mass is 32.1. The standard InChI is InChI=1S/C18H29N3OS/c1-14(15-9-12-23-13-15)19-17-7-10-21(11-8-17)18(22)20-16-5-3-2-4-6-16/h9,12-14,16-17,19H,2-8,10-11H2,1H3,(H,20,22)/t14-/m0/s1. The number of hydrogen-bond acceptors (Lipinski definition) is 3. The number of urea groups is 1. The molecule has 0 bridgehead atoms. The first-order valence-electron chi connectivity index (χ1n) is 9.06. The number of thiophene rings is 1. The van der Waals surface area contributed by atoms with Gasteiger partial charge in [-0.3, -0.25) is 0 Å². The lowest BCUT2D eigenvalue weighted by Crippen LogP contribution is -2.51. The Morgan fingerprint density at radius 1 is 1.17 bits per heavy atom. The Morgan fingerprint density at radius 2 is 1.91 bits per heavy atom. The minimum atomic E-state index is 0.154. The van der Waals surface area contributed by atoms with Gasteiger partial charge in [0.15, 0.2) is 0 Å². The van der Waals surface area contributed by atoms with Crippen molar-refractivity contribution in [2.24, 2.45) is 0 Å². The van der Waals surface area contributed by atoms with Crippen LogP contribution in [0.25, 0.3) is 0 Å². The van der Waals surface area contributed by atoms with E-state index < -0.39 is 0 Å². The van der Waals surface area contributed by atoms with E-state index >= 15 is 0 Å². The first kappa shape index (κ1) is 16.8. The molecule has 2 aliphatic rings. The van der Waals surface area contributed by atoms with Crippen LogP contribution in [0.15, 0.2) is 16.8 Å². The van der Waals surface area contributed by atoms with E-state index in [1.807, 2.05) is 4.90 Å². The summed E-state index contributed by atoms with van der Waals surface area (Å²) in [6.07, 6.45) is 8.25. The summed E-state index contributed by atoms with van der Waals surface area (Å²) in [7, 11) is 0. The average molecular weight is 336 g/mol. The summed E-state index contributed by atoms with van der Waals surface area (Å²) in [5.41, 5.74) is 1.37. The molecule has 0 aromatic carbocycles. The van der Waals surface area contributed by atoms with Crippen LogP contribution in [0.4, 0.5) is 4.79 Å². The first-order valence-corrected chi connectivity index (χ1v) is 10.0. The number of nitrogens with one attached hydrogen (secondary N) is 2. The van der Waals surface area contributed by atoms with Crippen LogP contribution in [0.3, 0.4) is 0 Å². The molecule has 1 aromatic heterocycles. The van der Waals surface area contributed by atoms with Gasteiger partial charge in [-0.2, -0.15) is 11.3 Å². The van der Waals surface area contributed by atoms with Gasteiger partial charge in [-0.1, -0.05) is 19.3 Å². The van der Waals surface area contributed by atoms with Crippen LogP contribution >= 0.6 is 11.3 Å². The number of hydrogen-bond donors (Lipinski definition) is 2. The molecule has 128 valence electrons. The van der Waals surface area contributed by atoms with Crippen molar-refractivity contribution in [1.82, 2.24) is 15.5 Å². The summed E-state index contributed by atoms with van der Waals surface area (Å²) < 4.78 is 0. The minimum absolute atomic E-state index is 0.154. The van der Waals surface area contributed by atoms with Crippen molar-refractivity contribution in [2.75, 3.05) is 13.1 Å². The number of carbonyl (C=O) groups excluding carboxylic acids is 1. The molecule has 1 saturated heterocycles. The molecule has 1 aromatic rings. The number of piperidine rings is 1. The lowest BCUT2D eigenvalue weighted by Gasteiger charge is -2.35. The van der Waals surface area contributed by atoms with Gasteiger partial charge in [0.25, 0.3) is 0 Å². The number of amides is 2. The van der Waals surface area contributed by atoms with Crippen LogP contribution in [0.2, 0.25) is 0 Å². The molecule has 5 heteroatoms. The fraction of sp³-hybridized carbons (Fsp3) is 0.722. The number of likely N-dealkylation sites (tertiary alicyclic amines) is 1. The van der Waals surface area contributed by atoms with E-state index in [4.69, 9.17) is 0 Å². The Balaban J connectivity index is 1.40. The van der Waals surface area contributed by atoms with Gasteiger partial charge in [-0.25, -0.2) is 4.79 Å². The van der Waals surface area contributed by atoms with E-state index in [1.54, 1.807) is 11.3 Å². The van der Waals surface area contributed by atoms with Gasteiger partial charge in [-0.05, 0) is 55.0 Å². The van der Waals surface area contributed by atoms with Crippen LogP contribution in [-0.2, 0) is 0 Å². The summed E-state index contributed by atoms with van der Waals surface area (Å²) in [5.74, 6) is 0. The normalized spacial score (nSPS) is 22.0. The molecule has 2 heterocycles. The highest BCUT2D eigenvalue weighted by molar-refractivity contribution is 7.07. The largest absolute Gasteiger partial charge is 0.335 e. The molecular formula is C18H29N3OS. The predicted octanol–water partition coefficient (Wildman–Crippen LogP) is 3.91. The van der Waals surface area contributed by atoms with Gasteiger partial charge < -0.3 is 15.5 Å². The molecule has 1 aliphatic carbocycles. The lowest BCUT2D eigenvalue weighted by molar-refractivity contribution is 0.168. The highest BCUT2D eigenvalue weighted by Gasteiger charge is 2.25. The Bertz CT molecular complexity index is 476. The van der Waals surface area contributed by atoms with E-state index in [-0.39, 0.29) is 6.03 Å². The molecule has 0 radical (unpaired) electrons. The zero-order chi connectivity index (χ0) is 16.1. The van der Waals surface area contributed by atoms with E-state index in [2.05, 4.69) is 34.4 Å². The van der Waals surface area contributed by atoms with Gasteiger partial charge in [0.2, 0.25) is 0 Å². The average Bonchev–Trinajstić information content (AvgIpc) is 3.11. The molecule has 4 nitrogen and oxygen atoms in total. The summed E-state index contributed by atoms with van der Waals surface area (Å²) in [4.78, 5) is 14.4. The fourth-order valence-corrected chi connectivity index (χ4v) is 4.49. The Kier molecular flexibility index (Phi) is 5.95. The summed E-state index contributed by atoms with van der Waals surface area (Å²) in [6.45, 7) is 3.96. The molecule has 3 rings (SSSR count). The van der Waals surface area contributed by atoms with Gasteiger partial charge in [0.05, 0.1) is 0 Å². The quantitative estimate of drug-likeness (QED) is 0.876. The van der Waals surface area contributed by atoms with Crippen LogP contribution in [0, 0.1) is 0 Å². The van der Waals surface area contributed by atoms with Gasteiger partial charge in [0, 0.05) is 31.2 Å². The Morgan fingerprint density at radius 3 is 2.57 bits per heavy atom. The van der Waals surface area contributed by atoms with Gasteiger partial charge in [-0.15, -0.1) is 0 Å². The van der Waals surface area contributed by atoms with E-state index in [0.717, 1.165) is 38.8 Å². The molecule has 23 heavy (non-hydrogen) atoms. The highest BCUT2D eigenvalue weighted by Crippen LogP contribution is 2.20. The third kappa shape index (κ3) is 4.70. The van der Waals surface area contributed by atoms with Crippen LogP contribution in [-0.4, -0.2) is 36.1 Å². The van der Waals surface area contributed by atoms with Crippen molar-refractivity contribution < 1.29 is 4.79 Å². The molecule has 0 unspecified atom stereocenters. The zero-order valence-corrected chi connectivity index (χ0v) is 14.9. The number of rotatable bonds is 4. The maximum atomic E-state index is 12.4. The SMILES string of the molecule is C[C@H](NC1CCN(C(=O)NC2CCCCC2)CC1)c1ccsc1. The third-order valence-electron chi connectivity index (χ3n) is 5.24. The van der Waals surface area contributed by atoms with Crippen molar-refractivity contribution in [3.63, 3.8) is 0 Å². The fourth-order valence-electron chi connectivity index (χ4n) is 3.73. The predicted molar refractivity (Wildman–Crippen MR) is 95.9 cm³/mol. The second-order valence-corrected chi connectivity index (χ2v) is 7.77. The Hall–Kier alpha value is -1.07. The van der Waals surface area contributed by atoms with Crippen molar-refractivity contribution in [3.8, 4) is 0 Å². The van der Waals surface area contributed by atoms with Crippen LogP contribution in [0.5, 0.6) is 0 Å². The first-order chi connectivity index (χ1) is 11.2. The summed E-state index contributed by atoms with van der Waals surface area (Å²) in [6, 6.07) is 3.67.